The van der Waals surface area contributed by atoms with Gasteiger partial charge in [-0.05, 0) is 74.2 Å². The maximum absolute atomic E-state index is 13.5. The number of benzene rings is 2. The molecule has 2 aliphatic rings. The quantitative estimate of drug-likeness (QED) is 0.431. The topological polar surface area (TPSA) is 94.4 Å². The molecule has 1 N–H and O–H groups in total. The molecule has 5 rings (SSSR count). The summed E-state index contributed by atoms with van der Waals surface area (Å²) in [6.07, 6.45) is -2.38. The average molecular weight is 559 g/mol. The standard InChI is InChI=1S/C28H33F3N6O3/c1-27(2,3)40-26(38)36-14-13-23(22(17-36)18-7-5-4-6-8-18)32-16-19-15-20(9-12-24(19)39-21-10-11-21)37-25(28(29,30)31)33-34-35-37/h4-9,12,15,21-23,32H,10-11,13-14,16-17H2,1-3H3/t22-,23-/m0/s1. The molecule has 214 valence electrons. The molecular formula is C28H33F3N6O3. The average Bonchev–Trinajstić information content (AvgIpc) is 3.57. The normalized spacial score (nSPS) is 19.9. The van der Waals surface area contributed by atoms with Crippen molar-refractivity contribution in [2.24, 2.45) is 0 Å². The highest BCUT2D eigenvalue weighted by Crippen LogP contribution is 2.34. The van der Waals surface area contributed by atoms with Crippen LogP contribution in [0.5, 0.6) is 5.75 Å². The number of ether oxygens (including phenoxy) is 2. The van der Waals surface area contributed by atoms with E-state index >= 15 is 0 Å². The molecule has 2 fully saturated rings. The van der Waals surface area contributed by atoms with Crippen molar-refractivity contribution in [3.8, 4) is 11.4 Å². The SMILES string of the molecule is CC(C)(C)OC(=O)N1CC[C@H](NCc2cc(-n3nnnc3C(F)(F)F)ccc2OC2CC2)[C@H](c2ccccc2)C1. The van der Waals surface area contributed by atoms with Crippen LogP contribution in [0.3, 0.4) is 0 Å². The molecule has 0 unspecified atom stereocenters. The van der Waals surface area contributed by atoms with Crippen LogP contribution >= 0.6 is 0 Å². The predicted octanol–water partition coefficient (Wildman–Crippen LogP) is 5.11. The Balaban J connectivity index is 1.38. The van der Waals surface area contributed by atoms with Crippen molar-refractivity contribution in [1.29, 1.82) is 0 Å². The van der Waals surface area contributed by atoms with Gasteiger partial charge in [-0.25, -0.2) is 4.79 Å². The highest BCUT2D eigenvalue weighted by Gasteiger charge is 2.39. The van der Waals surface area contributed by atoms with Gasteiger partial charge in [0, 0.05) is 37.2 Å². The lowest BCUT2D eigenvalue weighted by molar-refractivity contribution is -0.146. The second kappa shape index (κ2) is 11.1. The van der Waals surface area contributed by atoms with E-state index in [9.17, 15) is 18.0 Å². The zero-order chi connectivity index (χ0) is 28.5. The number of hydrogen-bond acceptors (Lipinski definition) is 7. The molecule has 1 aliphatic carbocycles. The van der Waals surface area contributed by atoms with E-state index in [0.717, 1.165) is 18.4 Å². The molecule has 1 aliphatic heterocycles. The first-order valence-corrected chi connectivity index (χ1v) is 13.4. The number of amides is 1. The van der Waals surface area contributed by atoms with Gasteiger partial charge in [0.15, 0.2) is 0 Å². The largest absolute Gasteiger partial charge is 0.490 e. The van der Waals surface area contributed by atoms with E-state index in [1.165, 1.54) is 6.07 Å². The Kier molecular flexibility index (Phi) is 7.72. The lowest BCUT2D eigenvalue weighted by Gasteiger charge is -2.40. The zero-order valence-corrected chi connectivity index (χ0v) is 22.7. The Labute approximate surface area is 230 Å². The minimum Gasteiger partial charge on any atom is -0.490 e. The summed E-state index contributed by atoms with van der Waals surface area (Å²) in [6.45, 7) is 6.87. The number of alkyl halides is 3. The summed E-state index contributed by atoms with van der Waals surface area (Å²) in [6, 6.07) is 14.8. The fourth-order valence-corrected chi connectivity index (χ4v) is 4.82. The Morgan fingerprint density at radius 3 is 2.50 bits per heavy atom. The van der Waals surface area contributed by atoms with Crippen LogP contribution in [0.25, 0.3) is 5.69 Å². The smallest absolute Gasteiger partial charge is 0.453 e. The molecule has 9 nitrogen and oxygen atoms in total. The minimum atomic E-state index is -4.70. The summed E-state index contributed by atoms with van der Waals surface area (Å²) in [5.74, 6) is -0.599. The van der Waals surface area contributed by atoms with Crippen LogP contribution < -0.4 is 10.1 Å². The van der Waals surface area contributed by atoms with Crippen molar-refractivity contribution < 1.29 is 27.4 Å². The number of carbonyl (C=O) groups excluding carboxylic acids is 1. The third-order valence-electron chi connectivity index (χ3n) is 6.88. The van der Waals surface area contributed by atoms with Gasteiger partial charge in [0.05, 0.1) is 11.8 Å². The third-order valence-corrected chi connectivity index (χ3v) is 6.88. The van der Waals surface area contributed by atoms with E-state index in [4.69, 9.17) is 9.47 Å². The van der Waals surface area contributed by atoms with Crippen LogP contribution in [0.2, 0.25) is 0 Å². The number of halogens is 3. The lowest BCUT2D eigenvalue weighted by atomic mass is 9.86. The molecule has 40 heavy (non-hydrogen) atoms. The van der Waals surface area contributed by atoms with E-state index in [0.29, 0.717) is 42.0 Å². The molecular weight excluding hydrogens is 525 g/mol. The number of nitrogens with zero attached hydrogens (tertiary/aromatic N) is 5. The number of tetrazole rings is 1. The number of piperidine rings is 1. The van der Waals surface area contributed by atoms with Gasteiger partial charge in [0.1, 0.15) is 11.4 Å². The lowest BCUT2D eigenvalue weighted by Crippen LogP contribution is -2.50. The molecule has 1 saturated heterocycles. The summed E-state index contributed by atoms with van der Waals surface area (Å²) in [5.41, 5.74) is 1.38. The molecule has 0 bridgehead atoms. The van der Waals surface area contributed by atoms with Crippen molar-refractivity contribution in [1.82, 2.24) is 30.4 Å². The van der Waals surface area contributed by atoms with Crippen LogP contribution in [0, 0.1) is 0 Å². The Morgan fingerprint density at radius 2 is 1.82 bits per heavy atom. The van der Waals surface area contributed by atoms with Gasteiger partial charge in [-0.15, -0.1) is 5.10 Å². The molecule has 1 saturated carbocycles. The summed E-state index contributed by atoms with van der Waals surface area (Å²) in [4.78, 5) is 14.6. The van der Waals surface area contributed by atoms with E-state index in [2.05, 4.69) is 20.8 Å². The number of rotatable bonds is 7. The van der Waals surface area contributed by atoms with Crippen LogP contribution in [0.4, 0.5) is 18.0 Å². The predicted molar refractivity (Wildman–Crippen MR) is 140 cm³/mol. The van der Waals surface area contributed by atoms with Crippen molar-refractivity contribution in [2.45, 2.75) is 76.4 Å². The first-order chi connectivity index (χ1) is 19.0. The second-order valence-electron chi connectivity index (χ2n) is 11.2. The summed E-state index contributed by atoms with van der Waals surface area (Å²) >= 11 is 0. The zero-order valence-electron chi connectivity index (χ0n) is 22.7. The summed E-state index contributed by atoms with van der Waals surface area (Å²) < 4.78 is 52.8. The van der Waals surface area contributed by atoms with E-state index in [1.54, 1.807) is 17.0 Å². The van der Waals surface area contributed by atoms with Gasteiger partial charge in [-0.2, -0.15) is 17.9 Å². The molecule has 2 atom stereocenters. The Morgan fingerprint density at radius 1 is 1.07 bits per heavy atom. The molecule has 2 heterocycles. The van der Waals surface area contributed by atoms with Crippen LogP contribution in [-0.2, 0) is 17.5 Å². The summed E-state index contributed by atoms with van der Waals surface area (Å²) in [7, 11) is 0. The van der Waals surface area contributed by atoms with E-state index < -0.39 is 17.6 Å². The fourth-order valence-electron chi connectivity index (χ4n) is 4.82. The third kappa shape index (κ3) is 6.72. The van der Waals surface area contributed by atoms with Gasteiger partial charge in [0.2, 0.25) is 0 Å². The number of aromatic nitrogens is 4. The summed E-state index contributed by atoms with van der Waals surface area (Å²) in [5, 5.41) is 13.6. The van der Waals surface area contributed by atoms with Gasteiger partial charge in [-0.3, -0.25) is 0 Å². The van der Waals surface area contributed by atoms with Crippen LogP contribution in [0.1, 0.15) is 62.9 Å². The fraction of sp³-hybridized carbons (Fsp3) is 0.500. The second-order valence-corrected chi connectivity index (χ2v) is 11.2. The van der Waals surface area contributed by atoms with Gasteiger partial charge < -0.3 is 19.7 Å². The minimum absolute atomic E-state index is 0.00251. The molecule has 12 heteroatoms. The molecule has 3 aromatic rings. The number of nitrogens with one attached hydrogen (secondary N) is 1. The molecule has 1 aromatic heterocycles. The highest BCUT2D eigenvalue weighted by molar-refractivity contribution is 5.68. The van der Waals surface area contributed by atoms with Gasteiger partial charge >= 0.3 is 12.3 Å². The Bertz CT molecular complexity index is 1320. The molecule has 1 amide bonds. The maximum atomic E-state index is 13.5. The van der Waals surface area contributed by atoms with Crippen molar-refractivity contribution >= 4 is 6.09 Å². The highest BCUT2D eigenvalue weighted by atomic mass is 19.4. The Hall–Kier alpha value is -3.67. The van der Waals surface area contributed by atoms with E-state index in [-0.39, 0.29) is 29.8 Å². The van der Waals surface area contributed by atoms with E-state index in [1.807, 2.05) is 51.1 Å². The van der Waals surface area contributed by atoms with Gasteiger partial charge in [-0.1, -0.05) is 30.3 Å². The van der Waals surface area contributed by atoms with Crippen molar-refractivity contribution in [2.75, 3.05) is 13.1 Å². The first kappa shape index (κ1) is 27.9. The first-order valence-electron chi connectivity index (χ1n) is 13.4. The maximum Gasteiger partial charge on any atom is 0.453 e. The monoisotopic (exact) mass is 558 g/mol. The van der Waals surface area contributed by atoms with Crippen LogP contribution in [-0.4, -0.2) is 62.0 Å². The molecule has 2 aromatic carbocycles. The molecule has 0 spiro atoms. The van der Waals surface area contributed by atoms with Crippen molar-refractivity contribution in [3.63, 3.8) is 0 Å². The number of hydrogen-bond donors (Lipinski definition) is 1. The van der Waals surface area contributed by atoms with Crippen molar-refractivity contribution in [3.05, 3.63) is 65.5 Å². The number of carbonyl (C=O) groups is 1. The number of likely N-dealkylation sites (tertiary alicyclic amines) is 1. The molecule has 0 radical (unpaired) electrons. The van der Waals surface area contributed by atoms with Gasteiger partial charge in [0.25, 0.3) is 5.82 Å². The van der Waals surface area contributed by atoms with Crippen LogP contribution in [0.15, 0.2) is 48.5 Å².